The molecule has 1 aliphatic carbocycles. The molecule has 88 valence electrons. The molecule has 1 aromatic rings. The first-order valence-corrected chi connectivity index (χ1v) is 6.37. The summed E-state index contributed by atoms with van der Waals surface area (Å²) < 4.78 is 0. The highest BCUT2D eigenvalue weighted by atomic mass is 14.9. The molecule has 1 aliphatic rings. The summed E-state index contributed by atoms with van der Waals surface area (Å²) in [5.74, 6) is 0. The van der Waals surface area contributed by atoms with Crippen LogP contribution in [-0.4, -0.2) is 6.04 Å². The zero-order chi connectivity index (χ0) is 11.4. The summed E-state index contributed by atoms with van der Waals surface area (Å²) in [5, 5.41) is 3.71. The normalized spacial score (nSPS) is 19.6. The fourth-order valence-electron chi connectivity index (χ4n) is 2.50. The van der Waals surface area contributed by atoms with Gasteiger partial charge in [-0.15, -0.1) is 0 Å². The van der Waals surface area contributed by atoms with Crippen molar-refractivity contribution >= 4 is 5.69 Å². The second kappa shape index (κ2) is 5.35. The molecule has 1 unspecified atom stereocenters. The summed E-state index contributed by atoms with van der Waals surface area (Å²) in [4.78, 5) is 0. The molecule has 2 rings (SSSR count). The van der Waals surface area contributed by atoms with Crippen LogP contribution in [0.3, 0.4) is 0 Å². The first-order valence-electron chi connectivity index (χ1n) is 6.37. The fraction of sp³-hybridized carbons (Fsp3) is 0.571. The lowest BCUT2D eigenvalue weighted by Gasteiger charge is -2.26. The van der Waals surface area contributed by atoms with Crippen LogP contribution in [0.15, 0.2) is 24.3 Å². The Bertz CT molecular complexity index is 312. The summed E-state index contributed by atoms with van der Waals surface area (Å²) in [6, 6.07) is 9.35. The molecule has 16 heavy (non-hydrogen) atoms. The van der Waals surface area contributed by atoms with Crippen molar-refractivity contribution in [2.24, 2.45) is 0 Å². The number of benzene rings is 1. The van der Waals surface area contributed by atoms with Gasteiger partial charge in [0, 0.05) is 17.8 Å². The van der Waals surface area contributed by atoms with Crippen LogP contribution < -0.4 is 11.1 Å². The predicted molar refractivity (Wildman–Crippen MR) is 69.3 cm³/mol. The highest BCUT2D eigenvalue weighted by Crippen LogP contribution is 2.21. The Hall–Kier alpha value is -1.02. The van der Waals surface area contributed by atoms with Gasteiger partial charge in [-0.25, -0.2) is 0 Å². The Morgan fingerprint density at radius 3 is 2.38 bits per heavy atom. The van der Waals surface area contributed by atoms with E-state index in [1.54, 1.807) is 0 Å². The number of nitrogens with two attached hydrogens (primary N) is 1. The van der Waals surface area contributed by atoms with Crippen LogP contribution in [0.1, 0.15) is 50.6 Å². The van der Waals surface area contributed by atoms with Crippen LogP contribution >= 0.6 is 0 Å². The number of hydrogen-bond donors (Lipinski definition) is 2. The van der Waals surface area contributed by atoms with Gasteiger partial charge in [0.15, 0.2) is 0 Å². The van der Waals surface area contributed by atoms with Gasteiger partial charge in [0.2, 0.25) is 0 Å². The van der Waals surface area contributed by atoms with Crippen LogP contribution in [0.5, 0.6) is 0 Å². The van der Waals surface area contributed by atoms with Crippen molar-refractivity contribution in [1.29, 1.82) is 0 Å². The highest BCUT2D eigenvalue weighted by Gasteiger charge is 2.15. The third-order valence-corrected chi connectivity index (χ3v) is 3.53. The molecule has 1 atom stereocenters. The van der Waals surface area contributed by atoms with Crippen molar-refractivity contribution in [1.82, 2.24) is 5.32 Å². The molecule has 0 radical (unpaired) electrons. The molecule has 0 heterocycles. The van der Waals surface area contributed by atoms with Crippen LogP contribution in [0.4, 0.5) is 5.69 Å². The summed E-state index contributed by atoms with van der Waals surface area (Å²) in [7, 11) is 0. The van der Waals surface area contributed by atoms with E-state index in [0.29, 0.717) is 12.1 Å². The van der Waals surface area contributed by atoms with Crippen LogP contribution in [-0.2, 0) is 0 Å². The number of nitrogen functional groups attached to an aromatic ring is 1. The molecule has 0 amide bonds. The van der Waals surface area contributed by atoms with E-state index in [4.69, 9.17) is 5.73 Å². The molecule has 1 aromatic carbocycles. The molecule has 0 saturated heterocycles. The lowest BCUT2D eigenvalue weighted by atomic mass is 9.94. The largest absolute Gasteiger partial charge is 0.399 e. The van der Waals surface area contributed by atoms with Gasteiger partial charge in [0.1, 0.15) is 0 Å². The van der Waals surface area contributed by atoms with Gasteiger partial charge in [0.05, 0.1) is 0 Å². The maximum atomic E-state index is 5.69. The molecule has 1 saturated carbocycles. The summed E-state index contributed by atoms with van der Waals surface area (Å²) in [6.45, 7) is 2.24. The Kier molecular flexibility index (Phi) is 3.83. The van der Waals surface area contributed by atoms with Crippen molar-refractivity contribution in [3.63, 3.8) is 0 Å². The van der Waals surface area contributed by atoms with Crippen molar-refractivity contribution < 1.29 is 0 Å². The molecular formula is C14H22N2. The van der Waals surface area contributed by atoms with Gasteiger partial charge in [-0.05, 0) is 37.5 Å². The smallest absolute Gasteiger partial charge is 0.0314 e. The zero-order valence-corrected chi connectivity index (χ0v) is 10.1. The van der Waals surface area contributed by atoms with Gasteiger partial charge in [-0.2, -0.15) is 0 Å². The van der Waals surface area contributed by atoms with Crippen LogP contribution in [0.2, 0.25) is 0 Å². The minimum absolute atomic E-state index is 0.434. The van der Waals surface area contributed by atoms with E-state index in [2.05, 4.69) is 24.4 Å². The summed E-state index contributed by atoms with van der Waals surface area (Å²) in [6.07, 6.45) is 6.84. The lowest BCUT2D eigenvalue weighted by molar-refractivity contribution is 0.347. The minimum Gasteiger partial charge on any atom is -0.399 e. The monoisotopic (exact) mass is 218 g/mol. The van der Waals surface area contributed by atoms with Crippen LogP contribution in [0, 0.1) is 0 Å². The first kappa shape index (κ1) is 11.5. The lowest BCUT2D eigenvalue weighted by Crippen LogP contribution is -2.33. The number of rotatable bonds is 3. The van der Waals surface area contributed by atoms with E-state index in [1.165, 1.54) is 37.7 Å². The van der Waals surface area contributed by atoms with Gasteiger partial charge in [0.25, 0.3) is 0 Å². The zero-order valence-electron chi connectivity index (χ0n) is 10.1. The molecule has 0 aliphatic heterocycles. The highest BCUT2D eigenvalue weighted by molar-refractivity contribution is 5.40. The van der Waals surface area contributed by atoms with Gasteiger partial charge >= 0.3 is 0 Å². The Labute approximate surface area is 98.2 Å². The van der Waals surface area contributed by atoms with Gasteiger partial charge in [-0.1, -0.05) is 31.4 Å². The molecule has 1 fully saturated rings. The molecule has 2 heteroatoms. The van der Waals surface area contributed by atoms with E-state index in [0.717, 1.165) is 5.69 Å². The van der Waals surface area contributed by atoms with E-state index in [9.17, 15) is 0 Å². The molecule has 0 aromatic heterocycles. The van der Waals surface area contributed by atoms with E-state index < -0.39 is 0 Å². The number of anilines is 1. The SMILES string of the molecule is CC(NC1CCCCC1)c1ccc(N)cc1. The second-order valence-electron chi connectivity index (χ2n) is 4.89. The molecule has 3 N–H and O–H groups in total. The summed E-state index contributed by atoms with van der Waals surface area (Å²) in [5.41, 5.74) is 7.87. The van der Waals surface area contributed by atoms with Crippen molar-refractivity contribution in [2.75, 3.05) is 5.73 Å². The number of nitrogens with one attached hydrogen (secondary N) is 1. The Morgan fingerprint density at radius 2 is 1.75 bits per heavy atom. The molecule has 2 nitrogen and oxygen atoms in total. The number of hydrogen-bond acceptors (Lipinski definition) is 2. The molecule has 0 spiro atoms. The predicted octanol–water partition coefficient (Wildman–Crippen LogP) is 3.25. The third-order valence-electron chi connectivity index (χ3n) is 3.53. The minimum atomic E-state index is 0.434. The van der Waals surface area contributed by atoms with E-state index >= 15 is 0 Å². The summed E-state index contributed by atoms with van der Waals surface area (Å²) >= 11 is 0. The van der Waals surface area contributed by atoms with Gasteiger partial charge < -0.3 is 11.1 Å². The van der Waals surface area contributed by atoms with Crippen LogP contribution in [0.25, 0.3) is 0 Å². The molecule has 0 bridgehead atoms. The van der Waals surface area contributed by atoms with Crippen molar-refractivity contribution in [3.8, 4) is 0 Å². The van der Waals surface area contributed by atoms with E-state index in [1.807, 2.05) is 12.1 Å². The standard InChI is InChI=1S/C14H22N2/c1-11(12-7-9-13(15)10-8-12)16-14-5-3-2-4-6-14/h7-11,14,16H,2-6,15H2,1H3. The average molecular weight is 218 g/mol. The first-order chi connectivity index (χ1) is 7.75. The maximum Gasteiger partial charge on any atom is 0.0314 e. The average Bonchev–Trinajstić information content (AvgIpc) is 2.31. The topological polar surface area (TPSA) is 38.0 Å². The van der Waals surface area contributed by atoms with Crippen molar-refractivity contribution in [3.05, 3.63) is 29.8 Å². The second-order valence-corrected chi connectivity index (χ2v) is 4.89. The fourth-order valence-corrected chi connectivity index (χ4v) is 2.50. The molecular weight excluding hydrogens is 196 g/mol. The van der Waals surface area contributed by atoms with Crippen molar-refractivity contribution in [2.45, 2.75) is 51.1 Å². The van der Waals surface area contributed by atoms with E-state index in [-0.39, 0.29) is 0 Å². The maximum absolute atomic E-state index is 5.69. The Morgan fingerprint density at radius 1 is 1.12 bits per heavy atom. The quantitative estimate of drug-likeness (QED) is 0.764. The Balaban J connectivity index is 1.91. The van der Waals surface area contributed by atoms with Gasteiger partial charge in [-0.3, -0.25) is 0 Å². The third kappa shape index (κ3) is 2.99.